The van der Waals surface area contributed by atoms with Gasteiger partial charge in [-0.1, -0.05) is 43.5 Å². The second-order valence-electron chi connectivity index (χ2n) is 5.38. The number of alkyl halides is 1. The Morgan fingerprint density at radius 2 is 1.95 bits per heavy atom. The Balaban J connectivity index is 1.91. The van der Waals surface area contributed by atoms with E-state index in [1.807, 2.05) is 24.3 Å². The molecule has 0 aromatic heterocycles. The van der Waals surface area contributed by atoms with Crippen molar-refractivity contribution in [3.63, 3.8) is 0 Å². The summed E-state index contributed by atoms with van der Waals surface area (Å²) >= 11 is 6.26. The van der Waals surface area contributed by atoms with Crippen molar-refractivity contribution in [2.24, 2.45) is 0 Å². The van der Waals surface area contributed by atoms with Gasteiger partial charge in [0.05, 0.1) is 6.61 Å². The summed E-state index contributed by atoms with van der Waals surface area (Å²) in [4.78, 5) is 12.2. The van der Waals surface area contributed by atoms with Crippen molar-refractivity contribution in [3.05, 3.63) is 35.4 Å². The summed E-state index contributed by atoms with van der Waals surface area (Å²) in [7, 11) is 1.66. The Bertz CT molecular complexity index is 427. The number of hydrogen-bond acceptors (Lipinski definition) is 2. The van der Waals surface area contributed by atoms with Crippen LogP contribution in [0.15, 0.2) is 24.3 Å². The van der Waals surface area contributed by atoms with Gasteiger partial charge in [-0.25, -0.2) is 0 Å². The molecular weight excluding hydrogens is 274 g/mol. The van der Waals surface area contributed by atoms with Gasteiger partial charge in [0.25, 0.3) is 0 Å². The van der Waals surface area contributed by atoms with Crippen LogP contribution in [-0.2, 0) is 16.1 Å². The SMILES string of the molecule is COCc1ccc(C(Cl)C(=O)NC2CCCCC2)cc1. The first-order valence-electron chi connectivity index (χ1n) is 7.23. The molecule has 1 unspecified atom stereocenters. The molecule has 20 heavy (non-hydrogen) atoms. The standard InChI is InChI=1S/C16H22ClNO2/c1-20-11-12-7-9-13(10-8-12)15(17)16(19)18-14-5-3-2-4-6-14/h7-10,14-15H,2-6,11H2,1H3,(H,18,19). The molecular formula is C16H22ClNO2. The summed E-state index contributed by atoms with van der Waals surface area (Å²) in [6, 6.07) is 7.98. The first-order chi connectivity index (χ1) is 9.70. The summed E-state index contributed by atoms with van der Waals surface area (Å²) in [6.45, 7) is 0.571. The minimum Gasteiger partial charge on any atom is -0.380 e. The predicted octanol–water partition coefficient (Wildman–Crippen LogP) is 3.56. The number of nitrogens with one attached hydrogen (secondary N) is 1. The van der Waals surface area contributed by atoms with Crippen LogP contribution >= 0.6 is 11.6 Å². The van der Waals surface area contributed by atoms with Crippen LogP contribution in [0.25, 0.3) is 0 Å². The minimum atomic E-state index is -0.617. The number of halogens is 1. The molecule has 3 nitrogen and oxygen atoms in total. The quantitative estimate of drug-likeness (QED) is 0.844. The summed E-state index contributed by atoms with van der Waals surface area (Å²) in [5.41, 5.74) is 1.91. The highest BCUT2D eigenvalue weighted by Gasteiger charge is 2.22. The molecule has 0 spiro atoms. The minimum absolute atomic E-state index is 0.0851. The lowest BCUT2D eigenvalue weighted by Gasteiger charge is -2.24. The van der Waals surface area contributed by atoms with E-state index in [2.05, 4.69) is 5.32 Å². The van der Waals surface area contributed by atoms with Gasteiger partial charge in [-0.2, -0.15) is 0 Å². The number of rotatable bonds is 5. The largest absolute Gasteiger partial charge is 0.380 e. The van der Waals surface area contributed by atoms with Gasteiger partial charge in [0, 0.05) is 13.2 Å². The van der Waals surface area contributed by atoms with Crippen LogP contribution in [0.4, 0.5) is 0 Å². The number of carbonyl (C=O) groups excluding carboxylic acids is 1. The van der Waals surface area contributed by atoms with Gasteiger partial charge < -0.3 is 10.1 Å². The molecule has 0 saturated heterocycles. The van der Waals surface area contributed by atoms with E-state index in [1.165, 1.54) is 19.3 Å². The van der Waals surface area contributed by atoms with Gasteiger partial charge in [0.1, 0.15) is 5.38 Å². The molecule has 1 aromatic carbocycles. The maximum Gasteiger partial charge on any atom is 0.242 e. The molecule has 0 radical (unpaired) electrons. The van der Waals surface area contributed by atoms with Gasteiger partial charge in [0.2, 0.25) is 5.91 Å². The number of hydrogen-bond donors (Lipinski definition) is 1. The average Bonchev–Trinajstić information content (AvgIpc) is 2.48. The van der Waals surface area contributed by atoms with E-state index >= 15 is 0 Å². The maximum atomic E-state index is 12.2. The van der Waals surface area contributed by atoms with Crippen LogP contribution in [0.5, 0.6) is 0 Å². The number of carbonyl (C=O) groups is 1. The van der Waals surface area contributed by atoms with Gasteiger partial charge in [-0.15, -0.1) is 11.6 Å². The Morgan fingerprint density at radius 1 is 1.30 bits per heavy atom. The Morgan fingerprint density at radius 3 is 2.55 bits per heavy atom. The summed E-state index contributed by atoms with van der Waals surface area (Å²) < 4.78 is 5.06. The topological polar surface area (TPSA) is 38.3 Å². The summed E-state index contributed by atoms with van der Waals surface area (Å²) in [5.74, 6) is -0.0851. The van der Waals surface area contributed by atoms with Crippen molar-refractivity contribution in [3.8, 4) is 0 Å². The van der Waals surface area contributed by atoms with Gasteiger partial charge >= 0.3 is 0 Å². The van der Waals surface area contributed by atoms with E-state index in [9.17, 15) is 4.79 Å². The normalized spacial score (nSPS) is 17.7. The second kappa shape index (κ2) is 7.65. The van der Waals surface area contributed by atoms with Crippen LogP contribution in [0, 0.1) is 0 Å². The average molecular weight is 296 g/mol. The molecule has 1 aromatic rings. The lowest BCUT2D eigenvalue weighted by atomic mass is 9.95. The molecule has 1 saturated carbocycles. The van der Waals surface area contributed by atoms with Crippen molar-refractivity contribution < 1.29 is 9.53 Å². The van der Waals surface area contributed by atoms with Crippen molar-refractivity contribution in [2.45, 2.75) is 50.1 Å². The highest BCUT2D eigenvalue weighted by Crippen LogP contribution is 2.23. The fourth-order valence-electron chi connectivity index (χ4n) is 2.62. The molecule has 1 amide bonds. The predicted molar refractivity (Wildman–Crippen MR) is 80.8 cm³/mol. The van der Waals surface area contributed by atoms with E-state index in [1.54, 1.807) is 7.11 Å². The van der Waals surface area contributed by atoms with E-state index < -0.39 is 5.38 Å². The van der Waals surface area contributed by atoms with Crippen LogP contribution in [0.2, 0.25) is 0 Å². The highest BCUT2D eigenvalue weighted by molar-refractivity contribution is 6.30. The number of benzene rings is 1. The summed E-state index contributed by atoms with van der Waals surface area (Å²) in [5, 5.41) is 2.44. The smallest absolute Gasteiger partial charge is 0.242 e. The number of amides is 1. The molecule has 0 heterocycles. The zero-order valence-electron chi connectivity index (χ0n) is 11.9. The molecule has 1 N–H and O–H groups in total. The third-order valence-electron chi connectivity index (χ3n) is 3.77. The summed E-state index contributed by atoms with van der Waals surface area (Å²) in [6.07, 6.45) is 5.81. The van der Waals surface area contributed by atoms with E-state index in [0.29, 0.717) is 12.6 Å². The molecule has 1 atom stereocenters. The zero-order chi connectivity index (χ0) is 14.4. The first kappa shape index (κ1) is 15.3. The first-order valence-corrected chi connectivity index (χ1v) is 7.66. The fraction of sp³-hybridized carbons (Fsp3) is 0.562. The van der Waals surface area contributed by atoms with Crippen LogP contribution in [-0.4, -0.2) is 19.1 Å². The molecule has 0 aliphatic heterocycles. The third-order valence-corrected chi connectivity index (χ3v) is 4.22. The number of ether oxygens (including phenoxy) is 1. The molecule has 0 bridgehead atoms. The van der Waals surface area contributed by atoms with Gasteiger partial charge in [-0.05, 0) is 24.0 Å². The Labute approximate surface area is 125 Å². The lowest BCUT2D eigenvalue weighted by Crippen LogP contribution is -2.38. The Kier molecular flexibility index (Phi) is 5.86. The zero-order valence-corrected chi connectivity index (χ0v) is 12.7. The van der Waals surface area contributed by atoms with E-state index in [-0.39, 0.29) is 5.91 Å². The van der Waals surface area contributed by atoms with Crippen LogP contribution in [0.1, 0.15) is 48.6 Å². The third kappa shape index (κ3) is 4.22. The van der Waals surface area contributed by atoms with Crippen LogP contribution < -0.4 is 5.32 Å². The van der Waals surface area contributed by atoms with Crippen LogP contribution in [0.3, 0.4) is 0 Å². The molecule has 4 heteroatoms. The molecule has 1 aliphatic carbocycles. The van der Waals surface area contributed by atoms with Gasteiger partial charge in [0.15, 0.2) is 0 Å². The van der Waals surface area contributed by atoms with Gasteiger partial charge in [-0.3, -0.25) is 4.79 Å². The molecule has 1 fully saturated rings. The van der Waals surface area contributed by atoms with E-state index in [0.717, 1.165) is 24.0 Å². The van der Waals surface area contributed by atoms with Crippen molar-refractivity contribution in [1.29, 1.82) is 0 Å². The lowest BCUT2D eigenvalue weighted by molar-refractivity contribution is -0.121. The molecule has 110 valence electrons. The number of methoxy groups -OCH3 is 1. The fourth-order valence-corrected chi connectivity index (χ4v) is 2.83. The molecule has 1 aliphatic rings. The Hall–Kier alpha value is -1.06. The molecule has 2 rings (SSSR count). The maximum absolute atomic E-state index is 12.2. The van der Waals surface area contributed by atoms with Crippen molar-refractivity contribution in [2.75, 3.05) is 7.11 Å². The van der Waals surface area contributed by atoms with Crippen molar-refractivity contribution in [1.82, 2.24) is 5.32 Å². The van der Waals surface area contributed by atoms with E-state index in [4.69, 9.17) is 16.3 Å². The monoisotopic (exact) mass is 295 g/mol. The second-order valence-corrected chi connectivity index (χ2v) is 5.82. The van der Waals surface area contributed by atoms with Crippen molar-refractivity contribution >= 4 is 17.5 Å². The highest BCUT2D eigenvalue weighted by atomic mass is 35.5.